The van der Waals surface area contributed by atoms with Crippen molar-refractivity contribution >= 4 is 18.1 Å². The van der Waals surface area contributed by atoms with E-state index in [1.165, 1.54) is 0 Å². The van der Waals surface area contributed by atoms with E-state index in [0.29, 0.717) is 0 Å². The molecule has 0 unspecified atom stereocenters. The van der Waals surface area contributed by atoms with E-state index in [4.69, 9.17) is 5.73 Å². The van der Waals surface area contributed by atoms with E-state index in [9.17, 15) is 0 Å². The summed E-state index contributed by atoms with van der Waals surface area (Å²) in [5.41, 5.74) is 8.21. The fourth-order valence-electron chi connectivity index (χ4n) is 0.797. The van der Waals surface area contributed by atoms with Crippen LogP contribution in [-0.4, -0.2) is 6.72 Å². The number of anilines is 1. The number of hydrogen-bond acceptors (Lipinski definition) is 2. The molecule has 52 valence electrons. The van der Waals surface area contributed by atoms with Crippen molar-refractivity contribution < 1.29 is 0 Å². The molecule has 0 saturated heterocycles. The Labute approximate surface area is 60.4 Å². The first-order valence-electron chi connectivity index (χ1n) is 3.07. The summed E-state index contributed by atoms with van der Waals surface area (Å²) < 4.78 is 0. The van der Waals surface area contributed by atoms with Crippen LogP contribution in [0.15, 0.2) is 23.2 Å². The van der Waals surface area contributed by atoms with Gasteiger partial charge in [-0.2, -0.15) is 0 Å². The van der Waals surface area contributed by atoms with Gasteiger partial charge in [-0.3, -0.25) is 4.99 Å². The summed E-state index contributed by atoms with van der Waals surface area (Å²) >= 11 is 0. The molecule has 0 bridgehead atoms. The molecule has 0 atom stereocenters. The van der Waals surface area contributed by atoms with E-state index in [2.05, 4.69) is 11.7 Å². The number of aryl methyl sites for hydroxylation is 1. The summed E-state index contributed by atoms with van der Waals surface area (Å²) in [5, 5.41) is 0. The number of aliphatic imine (C=N–C) groups is 1. The van der Waals surface area contributed by atoms with Gasteiger partial charge in [0.25, 0.3) is 0 Å². The molecular formula is C8H10N2. The number of benzene rings is 1. The number of hydrogen-bond donors (Lipinski definition) is 1. The van der Waals surface area contributed by atoms with E-state index < -0.39 is 0 Å². The predicted molar refractivity (Wildman–Crippen MR) is 44.8 cm³/mol. The van der Waals surface area contributed by atoms with Gasteiger partial charge in [-0.15, -0.1) is 0 Å². The maximum atomic E-state index is 5.52. The second-order valence-electron chi connectivity index (χ2n) is 2.20. The lowest BCUT2D eigenvalue weighted by Crippen LogP contribution is -1.83. The van der Waals surface area contributed by atoms with Crippen molar-refractivity contribution in [2.24, 2.45) is 4.99 Å². The molecule has 1 aromatic rings. The van der Waals surface area contributed by atoms with E-state index in [1.54, 1.807) is 0 Å². The van der Waals surface area contributed by atoms with Crippen molar-refractivity contribution in [1.29, 1.82) is 0 Å². The molecule has 0 heterocycles. The Kier molecular flexibility index (Phi) is 1.71. The summed E-state index contributed by atoms with van der Waals surface area (Å²) in [6.07, 6.45) is 0. The second kappa shape index (κ2) is 2.52. The molecule has 1 aromatic carbocycles. The van der Waals surface area contributed by atoms with Gasteiger partial charge in [0.15, 0.2) is 0 Å². The summed E-state index contributed by atoms with van der Waals surface area (Å²) in [6.45, 7) is 5.40. The summed E-state index contributed by atoms with van der Waals surface area (Å²) in [7, 11) is 0. The summed E-state index contributed by atoms with van der Waals surface area (Å²) in [6, 6.07) is 5.59. The van der Waals surface area contributed by atoms with Crippen LogP contribution in [0.2, 0.25) is 0 Å². The first kappa shape index (κ1) is 6.81. The maximum absolute atomic E-state index is 5.52. The Bertz CT molecular complexity index is 253. The van der Waals surface area contributed by atoms with Crippen LogP contribution in [0.3, 0.4) is 0 Å². The Balaban J connectivity index is 3.21. The fraction of sp³-hybridized carbons (Fsp3) is 0.125. The van der Waals surface area contributed by atoms with Crippen molar-refractivity contribution in [2.75, 3.05) is 5.73 Å². The highest BCUT2D eigenvalue weighted by atomic mass is 14.7. The highest BCUT2D eigenvalue weighted by Crippen LogP contribution is 2.19. The molecule has 2 N–H and O–H groups in total. The van der Waals surface area contributed by atoms with Gasteiger partial charge in [0, 0.05) is 5.69 Å². The first-order valence-corrected chi connectivity index (χ1v) is 3.07. The molecule has 0 aliphatic carbocycles. The molecule has 0 aliphatic rings. The summed E-state index contributed by atoms with van der Waals surface area (Å²) in [5.74, 6) is 0. The molecule has 0 aliphatic heterocycles. The van der Waals surface area contributed by atoms with Crippen molar-refractivity contribution in [2.45, 2.75) is 6.92 Å². The molecular weight excluding hydrogens is 124 g/mol. The number of rotatable bonds is 1. The average molecular weight is 134 g/mol. The standard InChI is InChI=1S/C8H10N2/c1-6-3-4-7(9)5-8(6)10-2/h3-5H,2,9H2,1H3. The lowest BCUT2D eigenvalue weighted by molar-refractivity contribution is 1.41. The summed E-state index contributed by atoms with van der Waals surface area (Å²) in [4.78, 5) is 3.80. The van der Waals surface area contributed by atoms with Crippen LogP contribution < -0.4 is 5.73 Å². The number of nitrogens with zero attached hydrogens (tertiary/aromatic N) is 1. The molecule has 0 radical (unpaired) electrons. The van der Waals surface area contributed by atoms with Crippen molar-refractivity contribution in [1.82, 2.24) is 0 Å². The molecule has 10 heavy (non-hydrogen) atoms. The van der Waals surface area contributed by atoms with E-state index >= 15 is 0 Å². The first-order chi connectivity index (χ1) is 4.74. The van der Waals surface area contributed by atoms with Gasteiger partial charge in [-0.25, -0.2) is 0 Å². The zero-order valence-electron chi connectivity index (χ0n) is 5.96. The Morgan fingerprint density at radius 1 is 1.50 bits per heavy atom. The quantitative estimate of drug-likeness (QED) is 0.462. The smallest absolute Gasteiger partial charge is 0.0672 e. The molecule has 0 fully saturated rings. The van der Waals surface area contributed by atoms with Gasteiger partial charge in [-0.05, 0) is 31.3 Å². The van der Waals surface area contributed by atoms with Crippen LogP contribution in [-0.2, 0) is 0 Å². The third-order valence-electron chi connectivity index (χ3n) is 1.40. The molecule has 0 saturated carbocycles. The largest absolute Gasteiger partial charge is 0.399 e. The van der Waals surface area contributed by atoms with Crippen molar-refractivity contribution in [3.8, 4) is 0 Å². The topological polar surface area (TPSA) is 38.4 Å². The van der Waals surface area contributed by atoms with E-state index in [1.807, 2.05) is 25.1 Å². The SMILES string of the molecule is C=Nc1cc(N)ccc1C. The van der Waals surface area contributed by atoms with Crippen LogP contribution in [0.5, 0.6) is 0 Å². The number of nitrogen functional groups attached to an aromatic ring is 1. The zero-order valence-corrected chi connectivity index (χ0v) is 5.96. The van der Waals surface area contributed by atoms with Gasteiger partial charge in [0.2, 0.25) is 0 Å². The van der Waals surface area contributed by atoms with Gasteiger partial charge < -0.3 is 5.73 Å². The third kappa shape index (κ3) is 1.16. The highest BCUT2D eigenvalue weighted by Gasteiger charge is 1.93. The normalized spacial score (nSPS) is 9.30. The van der Waals surface area contributed by atoms with Crippen LogP contribution in [0.25, 0.3) is 0 Å². The molecule has 2 heteroatoms. The average Bonchev–Trinajstić information content (AvgIpc) is 1.94. The van der Waals surface area contributed by atoms with Crippen molar-refractivity contribution in [3.05, 3.63) is 23.8 Å². The van der Waals surface area contributed by atoms with Crippen LogP contribution in [0.4, 0.5) is 11.4 Å². The van der Waals surface area contributed by atoms with E-state index in [-0.39, 0.29) is 0 Å². The Morgan fingerprint density at radius 3 is 2.70 bits per heavy atom. The predicted octanol–water partition coefficient (Wildman–Crippen LogP) is 1.91. The van der Waals surface area contributed by atoms with Gasteiger partial charge in [-0.1, -0.05) is 6.07 Å². The molecule has 0 spiro atoms. The van der Waals surface area contributed by atoms with Crippen LogP contribution in [0, 0.1) is 6.92 Å². The molecule has 1 rings (SSSR count). The zero-order chi connectivity index (χ0) is 7.56. The minimum Gasteiger partial charge on any atom is -0.399 e. The van der Waals surface area contributed by atoms with Crippen LogP contribution >= 0.6 is 0 Å². The lowest BCUT2D eigenvalue weighted by atomic mass is 10.2. The highest BCUT2D eigenvalue weighted by molar-refractivity contribution is 5.58. The number of nitrogens with two attached hydrogens (primary N) is 1. The third-order valence-corrected chi connectivity index (χ3v) is 1.40. The van der Waals surface area contributed by atoms with Gasteiger partial charge >= 0.3 is 0 Å². The van der Waals surface area contributed by atoms with Gasteiger partial charge in [0.1, 0.15) is 0 Å². The lowest BCUT2D eigenvalue weighted by Gasteiger charge is -1.98. The maximum Gasteiger partial charge on any atom is 0.0672 e. The Hall–Kier alpha value is -1.31. The Morgan fingerprint density at radius 2 is 2.20 bits per heavy atom. The molecule has 0 amide bonds. The monoisotopic (exact) mass is 134 g/mol. The van der Waals surface area contributed by atoms with Gasteiger partial charge in [0.05, 0.1) is 5.69 Å². The minimum atomic E-state index is 0.730. The minimum absolute atomic E-state index is 0.730. The van der Waals surface area contributed by atoms with E-state index in [0.717, 1.165) is 16.9 Å². The van der Waals surface area contributed by atoms with Crippen molar-refractivity contribution in [3.63, 3.8) is 0 Å². The van der Waals surface area contributed by atoms with Crippen LogP contribution in [0.1, 0.15) is 5.56 Å². The fourth-order valence-corrected chi connectivity index (χ4v) is 0.797. The second-order valence-corrected chi connectivity index (χ2v) is 2.20. The molecule has 0 aromatic heterocycles. The molecule has 2 nitrogen and oxygen atoms in total.